The van der Waals surface area contributed by atoms with Gasteiger partial charge in [0.05, 0.1) is 11.1 Å². The molecule has 0 aliphatic heterocycles. The molecule has 3 aromatic carbocycles. The van der Waals surface area contributed by atoms with Gasteiger partial charge in [-0.3, -0.25) is 4.79 Å². The largest absolute Gasteiger partial charge is 0.507 e. The topological polar surface area (TPSA) is 86.6 Å². The Morgan fingerprint density at radius 3 is 2.27 bits per heavy atom. The van der Waals surface area contributed by atoms with E-state index in [0.717, 1.165) is 22.3 Å². The zero-order valence-electron chi connectivity index (χ0n) is 17.1. The highest BCUT2D eigenvalue weighted by Gasteiger charge is 2.12. The number of aromatic hydroxyl groups is 1. The summed E-state index contributed by atoms with van der Waals surface area (Å²) in [6.45, 7) is 4.51. The fourth-order valence-corrected chi connectivity index (χ4v) is 3.38. The van der Waals surface area contributed by atoms with Gasteiger partial charge in [-0.1, -0.05) is 42.5 Å². The molecule has 0 radical (unpaired) electrons. The molecule has 0 aliphatic rings. The van der Waals surface area contributed by atoms with E-state index in [4.69, 9.17) is 5.11 Å². The van der Waals surface area contributed by atoms with Gasteiger partial charge < -0.3 is 15.5 Å². The number of hydrogen-bond acceptors (Lipinski definition) is 4. The van der Waals surface area contributed by atoms with E-state index >= 15 is 0 Å². The van der Waals surface area contributed by atoms with Gasteiger partial charge >= 0.3 is 5.97 Å². The number of phenolic OH excluding ortho intramolecular Hbond substituents is 1. The van der Waals surface area contributed by atoms with Crippen LogP contribution in [0.5, 0.6) is 5.75 Å². The maximum Gasteiger partial charge on any atom is 0.335 e. The lowest BCUT2D eigenvalue weighted by molar-refractivity contribution is 0.0696. The number of hydrogen-bond donors (Lipinski definition) is 3. The SMILES string of the molecule is CC(=O)c1ccc(CNCc2ccc(Cc3cccc(C(=O)O)c3)cc2)c(C)c1O. The standard InChI is InChI=1S/C25H25NO4/c1-16-22(10-11-23(17(2)27)24(16)28)15-26-14-19-8-6-18(7-9-19)12-20-4-3-5-21(13-20)25(29)30/h3-11,13,26,28H,12,14-15H2,1-2H3,(H,29,30). The number of ketones is 1. The van der Waals surface area contributed by atoms with Crippen molar-refractivity contribution in [2.75, 3.05) is 0 Å². The van der Waals surface area contributed by atoms with Crippen molar-refractivity contribution in [3.63, 3.8) is 0 Å². The van der Waals surface area contributed by atoms with Crippen molar-refractivity contribution < 1.29 is 19.8 Å². The number of carbonyl (C=O) groups excluding carboxylic acids is 1. The Morgan fingerprint density at radius 1 is 0.900 bits per heavy atom. The third kappa shape index (κ3) is 5.13. The summed E-state index contributed by atoms with van der Waals surface area (Å²) in [6, 6.07) is 18.7. The molecule has 5 heteroatoms. The molecule has 0 fully saturated rings. The number of nitrogens with one attached hydrogen (secondary N) is 1. The van der Waals surface area contributed by atoms with E-state index in [-0.39, 0.29) is 11.5 Å². The average molecular weight is 403 g/mol. The van der Waals surface area contributed by atoms with Gasteiger partial charge in [-0.25, -0.2) is 4.79 Å². The second kappa shape index (κ2) is 9.37. The van der Waals surface area contributed by atoms with Crippen molar-refractivity contribution in [2.45, 2.75) is 33.4 Å². The maximum atomic E-state index is 11.5. The molecule has 3 N–H and O–H groups in total. The highest BCUT2D eigenvalue weighted by molar-refractivity contribution is 5.97. The normalized spacial score (nSPS) is 10.7. The number of carboxylic acids is 1. The summed E-state index contributed by atoms with van der Waals surface area (Å²) in [4.78, 5) is 22.6. The number of phenols is 1. The molecule has 0 atom stereocenters. The molecule has 0 heterocycles. The molecule has 3 rings (SSSR count). The highest BCUT2D eigenvalue weighted by Crippen LogP contribution is 2.25. The van der Waals surface area contributed by atoms with Crippen molar-refractivity contribution in [2.24, 2.45) is 0 Å². The quantitative estimate of drug-likeness (QED) is 0.483. The number of aromatic carboxylic acids is 1. The Balaban J connectivity index is 1.58. The molecule has 154 valence electrons. The van der Waals surface area contributed by atoms with Crippen molar-refractivity contribution in [1.82, 2.24) is 5.32 Å². The summed E-state index contributed by atoms with van der Waals surface area (Å²) < 4.78 is 0. The monoisotopic (exact) mass is 403 g/mol. The minimum atomic E-state index is -0.919. The lowest BCUT2D eigenvalue weighted by Crippen LogP contribution is -2.14. The minimum absolute atomic E-state index is 0.0538. The summed E-state index contributed by atoms with van der Waals surface area (Å²) in [6.07, 6.45) is 0.676. The first-order valence-electron chi connectivity index (χ1n) is 9.78. The van der Waals surface area contributed by atoms with E-state index in [1.807, 2.05) is 43.3 Å². The van der Waals surface area contributed by atoms with E-state index in [9.17, 15) is 14.7 Å². The second-order valence-corrected chi connectivity index (χ2v) is 7.40. The lowest BCUT2D eigenvalue weighted by atomic mass is 10.0. The van der Waals surface area contributed by atoms with Gasteiger partial charge in [0.25, 0.3) is 0 Å². The molecule has 0 spiro atoms. The van der Waals surface area contributed by atoms with Crippen LogP contribution < -0.4 is 5.32 Å². The predicted octanol–water partition coefficient (Wildman–Crippen LogP) is 4.48. The number of Topliss-reactive ketones (excluding diaryl/α,β-unsaturated/α-hetero) is 1. The van der Waals surface area contributed by atoms with E-state index < -0.39 is 5.97 Å². The Kier molecular flexibility index (Phi) is 6.65. The molecule has 3 aromatic rings. The van der Waals surface area contributed by atoms with E-state index in [2.05, 4.69) is 5.32 Å². The van der Waals surface area contributed by atoms with Gasteiger partial charge in [0, 0.05) is 13.1 Å². The van der Waals surface area contributed by atoms with Gasteiger partial charge in [0.15, 0.2) is 5.78 Å². The second-order valence-electron chi connectivity index (χ2n) is 7.40. The first-order valence-corrected chi connectivity index (χ1v) is 9.78. The predicted molar refractivity (Wildman–Crippen MR) is 116 cm³/mol. The molecular formula is C25H25NO4. The summed E-state index contributed by atoms with van der Waals surface area (Å²) in [7, 11) is 0. The van der Waals surface area contributed by atoms with Crippen LogP contribution in [0.1, 0.15) is 55.5 Å². The molecule has 0 saturated heterocycles. The molecule has 0 aromatic heterocycles. The van der Waals surface area contributed by atoms with Gasteiger partial charge in [0.2, 0.25) is 0 Å². The third-order valence-electron chi connectivity index (χ3n) is 5.17. The summed E-state index contributed by atoms with van der Waals surface area (Å²) >= 11 is 0. The van der Waals surface area contributed by atoms with Crippen molar-refractivity contribution in [3.05, 3.63) is 99.6 Å². The van der Waals surface area contributed by atoms with Crippen LogP contribution in [0.2, 0.25) is 0 Å². The van der Waals surface area contributed by atoms with Crippen LogP contribution in [-0.2, 0) is 19.5 Å². The lowest BCUT2D eigenvalue weighted by Gasteiger charge is -2.12. The van der Waals surface area contributed by atoms with Crippen LogP contribution in [0.3, 0.4) is 0 Å². The number of carboxylic acid groups (broad SMARTS) is 1. The summed E-state index contributed by atoms with van der Waals surface area (Å²) in [5, 5.41) is 22.7. The van der Waals surface area contributed by atoms with Crippen molar-refractivity contribution >= 4 is 11.8 Å². The zero-order chi connectivity index (χ0) is 21.7. The van der Waals surface area contributed by atoms with Gasteiger partial charge in [0.1, 0.15) is 5.75 Å². The molecule has 0 aliphatic carbocycles. The Hall–Kier alpha value is -3.44. The Labute approximate surface area is 176 Å². The Morgan fingerprint density at radius 2 is 1.60 bits per heavy atom. The average Bonchev–Trinajstić information content (AvgIpc) is 2.72. The summed E-state index contributed by atoms with van der Waals surface area (Å²) in [5.74, 6) is -1.01. The van der Waals surface area contributed by atoms with Gasteiger partial charge in [-0.15, -0.1) is 0 Å². The van der Waals surface area contributed by atoms with E-state index in [1.165, 1.54) is 6.92 Å². The number of rotatable bonds is 8. The minimum Gasteiger partial charge on any atom is -0.507 e. The van der Waals surface area contributed by atoms with Crippen LogP contribution in [0.15, 0.2) is 60.7 Å². The third-order valence-corrected chi connectivity index (χ3v) is 5.17. The van der Waals surface area contributed by atoms with Crippen LogP contribution in [-0.4, -0.2) is 22.0 Å². The van der Waals surface area contributed by atoms with Crippen LogP contribution in [0, 0.1) is 6.92 Å². The molecule has 30 heavy (non-hydrogen) atoms. The van der Waals surface area contributed by atoms with Crippen molar-refractivity contribution in [3.8, 4) is 5.75 Å². The van der Waals surface area contributed by atoms with Gasteiger partial charge in [-0.2, -0.15) is 0 Å². The maximum absolute atomic E-state index is 11.5. The van der Waals surface area contributed by atoms with Gasteiger partial charge in [-0.05, 0) is 66.3 Å². The van der Waals surface area contributed by atoms with Crippen molar-refractivity contribution in [1.29, 1.82) is 0 Å². The first-order chi connectivity index (χ1) is 14.3. The summed E-state index contributed by atoms with van der Waals surface area (Å²) in [5.41, 5.74) is 5.51. The Bertz CT molecular complexity index is 1070. The van der Waals surface area contributed by atoms with E-state index in [0.29, 0.717) is 36.2 Å². The molecule has 0 bridgehead atoms. The van der Waals surface area contributed by atoms with E-state index in [1.54, 1.807) is 24.3 Å². The smallest absolute Gasteiger partial charge is 0.335 e. The molecular weight excluding hydrogens is 378 g/mol. The molecule has 5 nitrogen and oxygen atoms in total. The first kappa shape index (κ1) is 21.3. The molecule has 0 amide bonds. The molecule has 0 saturated carbocycles. The van der Waals surface area contributed by atoms with Crippen LogP contribution in [0.25, 0.3) is 0 Å². The fraction of sp³-hybridized carbons (Fsp3) is 0.200. The number of benzene rings is 3. The fourth-order valence-electron chi connectivity index (χ4n) is 3.38. The van der Waals surface area contributed by atoms with Crippen LogP contribution in [0.4, 0.5) is 0 Å². The van der Waals surface area contributed by atoms with Crippen LogP contribution >= 0.6 is 0 Å². The number of carbonyl (C=O) groups is 2. The highest BCUT2D eigenvalue weighted by atomic mass is 16.4. The zero-order valence-corrected chi connectivity index (χ0v) is 17.1. The molecule has 0 unspecified atom stereocenters.